The summed E-state index contributed by atoms with van der Waals surface area (Å²) >= 11 is 1.17. The van der Waals surface area contributed by atoms with Crippen LogP contribution >= 0.6 is 11.3 Å². The summed E-state index contributed by atoms with van der Waals surface area (Å²) in [5.41, 5.74) is 0.474. The van der Waals surface area contributed by atoms with Crippen molar-refractivity contribution in [3.05, 3.63) is 15.6 Å². The van der Waals surface area contributed by atoms with Gasteiger partial charge in [-0.25, -0.2) is 9.78 Å². The molecule has 0 aliphatic heterocycles. The third-order valence-corrected chi connectivity index (χ3v) is 3.25. The number of carboxylic acids is 1. The van der Waals surface area contributed by atoms with E-state index in [4.69, 9.17) is 19.3 Å². The Hall–Kier alpha value is -1.02. The van der Waals surface area contributed by atoms with Crippen molar-refractivity contribution in [2.24, 2.45) is 0 Å². The molecule has 0 fully saturated rings. The van der Waals surface area contributed by atoms with Crippen molar-refractivity contribution >= 4 is 17.3 Å². The quantitative estimate of drug-likeness (QED) is 0.682. The van der Waals surface area contributed by atoms with Gasteiger partial charge in [0.2, 0.25) is 0 Å². The fraction of sp³-hybridized carbons (Fsp3) is 0.636. The highest BCUT2D eigenvalue weighted by Crippen LogP contribution is 2.20. The summed E-state index contributed by atoms with van der Waals surface area (Å²) in [5.74, 6) is -0.967. The lowest BCUT2D eigenvalue weighted by molar-refractivity contribution is 0.0697. The average molecular weight is 275 g/mol. The number of hydrogen-bond donors (Lipinski definition) is 1. The second-order valence-electron chi connectivity index (χ2n) is 3.48. The number of nitrogens with zero attached hydrogens (tertiary/aromatic N) is 1. The van der Waals surface area contributed by atoms with Crippen LogP contribution in [0.3, 0.4) is 0 Å². The van der Waals surface area contributed by atoms with Crippen LogP contribution in [-0.2, 0) is 27.2 Å². The van der Waals surface area contributed by atoms with E-state index in [-0.39, 0.29) is 11.5 Å². The van der Waals surface area contributed by atoms with Gasteiger partial charge in [-0.2, -0.15) is 0 Å². The van der Waals surface area contributed by atoms with Gasteiger partial charge >= 0.3 is 5.97 Å². The molecule has 7 heteroatoms. The Labute approximate surface area is 110 Å². The lowest BCUT2D eigenvalue weighted by Gasteiger charge is -2.00. The molecule has 0 saturated heterocycles. The Bertz CT molecular complexity index is 380. The van der Waals surface area contributed by atoms with Gasteiger partial charge in [0.15, 0.2) is 0 Å². The second-order valence-corrected chi connectivity index (χ2v) is 4.56. The van der Waals surface area contributed by atoms with Crippen LogP contribution in [0.25, 0.3) is 0 Å². The maximum Gasteiger partial charge on any atom is 0.347 e. The molecule has 0 aromatic carbocycles. The first kappa shape index (κ1) is 15.0. The number of hydrogen-bond acceptors (Lipinski definition) is 6. The largest absolute Gasteiger partial charge is 0.477 e. The molecule has 1 aromatic rings. The molecule has 1 rings (SSSR count). The van der Waals surface area contributed by atoms with Crippen molar-refractivity contribution < 1.29 is 24.1 Å². The van der Waals surface area contributed by atoms with E-state index in [1.807, 2.05) is 0 Å². The summed E-state index contributed by atoms with van der Waals surface area (Å²) in [6.07, 6.45) is 0.596. The summed E-state index contributed by atoms with van der Waals surface area (Å²) in [6, 6.07) is 0. The molecule has 0 atom stereocenters. The van der Waals surface area contributed by atoms with Crippen molar-refractivity contribution in [1.82, 2.24) is 4.98 Å². The van der Waals surface area contributed by atoms with Crippen LogP contribution in [-0.4, -0.2) is 50.1 Å². The standard InChI is InChI=1S/C11H17NO5S/c1-15-5-6-17-4-3-9-12-8(7-16-2)10(18-9)11(13)14/h3-7H2,1-2H3,(H,13,14). The molecule has 6 nitrogen and oxygen atoms in total. The first-order chi connectivity index (χ1) is 8.69. The number of thiazole rings is 1. The van der Waals surface area contributed by atoms with Crippen LogP contribution < -0.4 is 0 Å². The highest BCUT2D eigenvalue weighted by molar-refractivity contribution is 7.13. The first-order valence-electron chi connectivity index (χ1n) is 5.46. The Kier molecular flexibility index (Phi) is 6.81. The monoisotopic (exact) mass is 275 g/mol. The van der Waals surface area contributed by atoms with Crippen molar-refractivity contribution in [3.63, 3.8) is 0 Å². The number of aromatic carboxylic acids is 1. The minimum absolute atomic E-state index is 0.211. The molecule has 0 saturated carbocycles. The molecule has 0 aliphatic rings. The minimum Gasteiger partial charge on any atom is -0.477 e. The Morgan fingerprint density at radius 3 is 2.67 bits per heavy atom. The molecule has 0 radical (unpaired) electrons. The lowest BCUT2D eigenvalue weighted by atomic mass is 10.4. The molecule has 0 spiro atoms. The zero-order valence-corrected chi connectivity index (χ0v) is 11.3. The van der Waals surface area contributed by atoms with E-state index >= 15 is 0 Å². The van der Waals surface area contributed by atoms with E-state index in [0.29, 0.717) is 31.9 Å². The third-order valence-electron chi connectivity index (χ3n) is 2.11. The van der Waals surface area contributed by atoms with Gasteiger partial charge in [0, 0.05) is 20.6 Å². The third kappa shape index (κ3) is 4.69. The number of aromatic nitrogens is 1. The summed E-state index contributed by atoms with van der Waals surface area (Å²) in [5, 5.41) is 9.76. The minimum atomic E-state index is -0.967. The Balaban J connectivity index is 2.50. The van der Waals surface area contributed by atoms with Crippen LogP contribution in [0.2, 0.25) is 0 Å². The predicted octanol–water partition coefficient (Wildman–Crippen LogP) is 1.19. The highest BCUT2D eigenvalue weighted by atomic mass is 32.1. The summed E-state index contributed by atoms with van der Waals surface area (Å²) in [6.45, 7) is 1.79. The van der Waals surface area contributed by atoms with E-state index in [0.717, 1.165) is 5.01 Å². The van der Waals surface area contributed by atoms with E-state index in [1.165, 1.54) is 18.4 Å². The van der Waals surface area contributed by atoms with Crippen molar-refractivity contribution in [2.75, 3.05) is 34.0 Å². The van der Waals surface area contributed by atoms with Crippen LogP contribution in [0, 0.1) is 0 Å². The second kappa shape index (κ2) is 8.15. The van der Waals surface area contributed by atoms with Gasteiger partial charge in [-0.1, -0.05) is 0 Å². The van der Waals surface area contributed by atoms with Gasteiger partial charge in [0.1, 0.15) is 4.88 Å². The molecule has 1 heterocycles. The molecule has 1 N–H and O–H groups in total. The first-order valence-corrected chi connectivity index (χ1v) is 6.28. The SMILES string of the molecule is COCCOCCc1nc(COC)c(C(=O)O)s1. The van der Waals surface area contributed by atoms with Crippen molar-refractivity contribution in [2.45, 2.75) is 13.0 Å². The fourth-order valence-electron chi connectivity index (χ4n) is 1.31. The number of methoxy groups -OCH3 is 2. The predicted molar refractivity (Wildman–Crippen MR) is 66.2 cm³/mol. The van der Waals surface area contributed by atoms with Gasteiger partial charge in [0.25, 0.3) is 0 Å². The molecule has 102 valence electrons. The van der Waals surface area contributed by atoms with E-state index < -0.39 is 5.97 Å². The molecular formula is C11H17NO5S. The van der Waals surface area contributed by atoms with Crippen LogP contribution in [0.5, 0.6) is 0 Å². The van der Waals surface area contributed by atoms with Crippen molar-refractivity contribution in [3.8, 4) is 0 Å². The molecule has 0 bridgehead atoms. The Morgan fingerprint density at radius 2 is 2.06 bits per heavy atom. The summed E-state index contributed by atoms with van der Waals surface area (Å²) in [7, 11) is 3.12. The molecule has 0 amide bonds. The van der Waals surface area contributed by atoms with Gasteiger partial charge < -0.3 is 19.3 Å². The molecular weight excluding hydrogens is 258 g/mol. The smallest absolute Gasteiger partial charge is 0.347 e. The van der Waals surface area contributed by atoms with Gasteiger partial charge in [-0.05, 0) is 0 Å². The topological polar surface area (TPSA) is 77.9 Å². The van der Waals surface area contributed by atoms with Crippen LogP contribution in [0.1, 0.15) is 20.4 Å². The molecule has 1 aromatic heterocycles. The fourth-order valence-corrected chi connectivity index (χ4v) is 2.20. The number of carbonyl (C=O) groups is 1. The maximum atomic E-state index is 11.0. The summed E-state index contributed by atoms with van der Waals surface area (Å²) < 4.78 is 15.1. The number of rotatable bonds is 9. The van der Waals surface area contributed by atoms with E-state index in [2.05, 4.69) is 4.98 Å². The molecule has 0 aliphatic carbocycles. The van der Waals surface area contributed by atoms with E-state index in [9.17, 15) is 4.79 Å². The van der Waals surface area contributed by atoms with Crippen molar-refractivity contribution in [1.29, 1.82) is 0 Å². The average Bonchev–Trinajstić information content (AvgIpc) is 2.73. The highest BCUT2D eigenvalue weighted by Gasteiger charge is 2.16. The lowest BCUT2D eigenvalue weighted by Crippen LogP contribution is -2.05. The van der Waals surface area contributed by atoms with Gasteiger partial charge in [0.05, 0.1) is 37.1 Å². The zero-order valence-electron chi connectivity index (χ0n) is 10.5. The Morgan fingerprint density at radius 1 is 1.28 bits per heavy atom. The van der Waals surface area contributed by atoms with Crippen LogP contribution in [0.4, 0.5) is 0 Å². The maximum absolute atomic E-state index is 11.0. The number of carboxylic acid groups (broad SMARTS) is 1. The van der Waals surface area contributed by atoms with Gasteiger partial charge in [-0.3, -0.25) is 0 Å². The molecule has 18 heavy (non-hydrogen) atoms. The zero-order chi connectivity index (χ0) is 13.4. The number of ether oxygens (including phenoxy) is 3. The van der Waals surface area contributed by atoms with Crippen LogP contribution in [0.15, 0.2) is 0 Å². The van der Waals surface area contributed by atoms with E-state index in [1.54, 1.807) is 7.11 Å². The molecule has 0 unspecified atom stereocenters. The van der Waals surface area contributed by atoms with Gasteiger partial charge in [-0.15, -0.1) is 11.3 Å². The summed E-state index contributed by atoms with van der Waals surface area (Å²) in [4.78, 5) is 15.5. The normalized spacial score (nSPS) is 10.8.